The molecule has 0 fully saturated rings. The van der Waals surface area contributed by atoms with Gasteiger partial charge in [-0.05, 0) is 47.4 Å². The molecular formula is C16H27N. The number of hydrogen-bond acceptors (Lipinski definition) is 1. The molecule has 0 saturated carbocycles. The maximum atomic E-state index is 5.83. The van der Waals surface area contributed by atoms with Crippen LogP contribution in [0.4, 0.5) is 0 Å². The summed E-state index contributed by atoms with van der Waals surface area (Å²) in [6.07, 6.45) is 1.05. The first-order valence-electron chi connectivity index (χ1n) is 6.46. The van der Waals surface area contributed by atoms with Crippen molar-refractivity contribution in [3.05, 3.63) is 34.9 Å². The Morgan fingerprint density at radius 1 is 1.06 bits per heavy atom. The second kappa shape index (κ2) is 4.81. The predicted octanol–water partition coefficient (Wildman–Crippen LogP) is 3.82. The number of aryl methyl sites for hydroxylation is 1. The van der Waals surface area contributed by atoms with Crippen molar-refractivity contribution in [3.8, 4) is 0 Å². The van der Waals surface area contributed by atoms with Gasteiger partial charge in [0.2, 0.25) is 0 Å². The third-order valence-corrected chi connectivity index (χ3v) is 3.44. The van der Waals surface area contributed by atoms with Crippen LogP contribution in [0.15, 0.2) is 18.2 Å². The van der Waals surface area contributed by atoms with Crippen LogP contribution in [0.2, 0.25) is 0 Å². The van der Waals surface area contributed by atoms with Crippen molar-refractivity contribution in [3.63, 3.8) is 0 Å². The minimum Gasteiger partial charge on any atom is -0.330 e. The monoisotopic (exact) mass is 233 g/mol. The van der Waals surface area contributed by atoms with E-state index in [4.69, 9.17) is 5.73 Å². The van der Waals surface area contributed by atoms with E-state index >= 15 is 0 Å². The second-order valence-corrected chi connectivity index (χ2v) is 6.94. The zero-order valence-electron chi connectivity index (χ0n) is 12.2. The van der Waals surface area contributed by atoms with Crippen LogP contribution in [0, 0.1) is 12.3 Å². The fourth-order valence-corrected chi connectivity index (χ4v) is 1.92. The number of hydrogen-bond donors (Lipinski definition) is 1. The molecule has 1 aromatic carbocycles. The molecule has 0 aliphatic heterocycles. The molecule has 0 saturated heterocycles. The molecule has 0 aromatic heterocycles. The third-order valence-electron chi connectivity index (χ3n) is 3.44. The van der Waals surface area contributed by atoms with E-state index in [2.05, 4.69) is 59.7 Å². The maximum absolute atomic E-state index is 5.83. The van der Waals surface area contributed by atoms with Gasteiger partial charge >= 0.3 is 0 Å². The fraction of sp³-hybridized carbons (Fsp3) is 0.625. The Balaban J connectivity index is 3.08. The van der Waals surface area contributed by atoms with Crippen LogP contribution < -0.4 is 5.73 Å². The van der Waals surface area contributed by atoms with Gasteiger partial charge in [-0.2, -0.15) is 0 Å². The zero-order chi connectivity index (χ0) is 13.3. The molecule has 0 bridgehead atoms. The summed E-state index contributed by atoms with van der Waals surface area (Å²) in [5.41, 5.74) is 10.4. The highest BCUT2D eigenvalue weighted by Crippen LogP contribution is 2.28. The first-order valence-corrected chi connectivity index (χ1v) is 6.46. The van der Waals surface area contributed by atoms with Gasteiger partial charge < -0.3 is 5.73 Å². The quantitative estimate of drug-likeness (QED) is 0.844. The van der Waals surface area contributed by atoms with E-state index < -0.39 is 0 Å². The van der Waals surface area contributed by atoms with E-state index in [1.54, 1.807) is 0 Å². The summed E-state index contributed by atoms with van der Waals surface area (Å²) in [5, 5.41) is 0. The molecule has 1 rings (SSSR count). The highest BCUT2D eigenvalue weighted by Gasteiger charge is 2.20. The molecule has 2 N–H and O–H groups in total. The van der Waals surface area contributed by atoms with Crippen LogP contribution >= 0.6 is 0 Å². The van der Waals surface area contributed by atoms with Crippen molar-refractivity contribution in [2.45, 2.75) is 53.4 Å². The van der Waals surface area contributed by atoms with E-state index in [1.165, 1.54) is 16.7 Å². The molecule has 0 spiro atoms. The Morgan fingerprint density at radius 2 is 1.65 bits per heavy atom. The van der Waals surface area contributed by atoms with Gasteiger partial charge in [0.15, 0.2) is 0 Å². The first-order chi connectivity index (χ1) is 7.65. The van der Waals surface area contributed by atoms with Gasteiger partial charge in [0.25, 0.3) is 0 Å². The van der Waals surface area contributed by atoms with Crippen LogP contribution in [-0.2, 0) is 11.8 Å². The summed E-state index contributed by atoms with van der Waals surface area (Å²) in [6, 6.07) is 6.84. The molecule has 1 aromatic rings. The number of nitrogens with two attached hydrogens (primary N) is 1. The van der Waals surface area contributed by atoms with Crippen molar-refractivity contribution in [1.29, 1.82) is 0 Å². The van der Waals surface area contributed by atoms with Crippen LogP contribution in [-0.4, -0.2) is 6.54 Å². The van der Waals surface area contributed by atoms with E-state index in [1.807, 2.05) is 0 Å². The lowest BCUT2D eigenvalue weighted by Gasteiger charge is -2.26. The summed E-state index contributed by atoms with van der Waals surface area (Å²) in [7, 11) is 0. The van der Waals surface area contributed by atoms with Gasteiger partial charge in [-0.25, -0.2) is 0 Å². The molecular weight excluding hydrogens is 206 g/mol. The summed E-state index contributed by atoms with van der Waals surface area (Å²) in [6.45, 7) is 14.2. The predicted molar refractivity (Wildman–Crippen MR) is 76.4 cm³/mol. The third kappa shape index (κ3) is 3.85. The normalized spacial score (nSPS) is 12.9. The molecule has 0 aliphatic rings. The highest BCUT2D eigenvalue weighted by atomic mass is 14.6. The second-order valence-electron chi connectivity index (χ2n) is 6.94. The van der Waals surface area contributed by atoms with Gasteiger partial charge in [0, 0.05) is 0 Å². The molecule has 0 atom stereocenters. The highest BCUT2D eigenvalue weighted by molar-refractivity contribution is 5.35. The van der Waals surface area contributed by atoms with Gasteiger partial charge in [-0.15, -0.1) is 0 Å². The lowest BCUT2D eigenvalue weighted by atomic mass is 9.80. The summed E-state index contributed by atoms with van der Waals surface area (Å²) >= 11 is 0. The molecule has 1 nitrogen and oxygen atoms in total. The lowest BCUT2D eigenvalue weighted by Crippen LogP contribution is -2.26. The Kier molecular flexibility index (Phi) is 4.03. The van der Waals surface area contributed by atoms with E-state index in [-0.39, 0.29) is 10.8 Å². The van der Waals surface area contributed by atoms with E-state index in [9.17, 15) is 0 Å². The van der Waals surface area contributed by atoms with Crippen LogP contribution in [0.3, 0.4) is 0 Å². The Bertz CT molecular complexity index is 383. The standard InChI is InChI=1S/C16H27N/c1-12-7-8-14(15(2,3)4)9-13(12)10-16(5,6)11-17/h7-9H,10-11,17H2,1-6H3. The first kappa shape index (κ1) is 14.2. The SMILES string of the molecule is Cc1ccc(C(C)(C)C)cc1CC(C)(C)CN. The fourth-order valence-electron chi connectivity index (χ4n) is 1.92. The van der Waals surface area contributed by atoms with Gasteiger partial charge in [-0.1, -0.05) is 52.8 Å². The summed E-state index contributed by atoms with van der Waals surface area (Å²) in [4.78, 5) is 0. The molecule has 17 heavy (non-hydrogen) atoms. The Labute approximate surface area is 106 Å². The van der Waals surface area contributed by atoms with Crippen molar-refractivity contribution >= 4 is 0 Å². The molecule has 0 radical (unpaired) electrons. The minimum absolute atomic E-state index is 0.182. The molecule has 0 unspecified atom stereocenters. The summed E-state index contributed by atoms with van der Waals surface area (Å²) < 4.78 is 0. The average Bonchev–Trinajstić information content (AvgIpc) is 2.19. The van der Waals surface area contributed by atoms with Crippen molar-refractivity contribution < 1.29 is 0 Å². The van der Waals surface area contributed by atoms with Crippen molar-refractivity contribution in [1.82, 2.24) is 0 Å². The maximum Gasteiger partial charge on any atom is -0.00226 e. The lowest BCUT2D eigenvalue weighted by molar-refractivity contribution is 0.375. The van der Waals surface area contributed by atoms with Gasteiger partial charge in [-0.3, -0.25) is 0 Å². The largest absolute Gasteiger partial charge is 0.330 e. The van der Waals surface area contributed by atoms with Crippen molar-refractivity contribution in [2.75, 3.05) is 6.54 Å². The Morgan fingerprint density at radius 3 is 2.12 bits per heavy atom. The Hall–Kier alpha value is -0.820. The van der Waals surface area contributed by atoms with Gasteiger partial charge in [0.1, 0.15) is 0 Å². The molecule has 96 valence electrons. The van der Waals surface area contributed by atoms with Crippen molar-refractivity contribution in [2.24, 2.45) is 11.1 Å². The topological polar surface area (TPSA) is 26.0 Å². The molecule has 0 amide bonds. The van der Waals surface area contributed by atoms with Crippen LogP contribution in [0.5, 0.6) is 0 Å². The number of rotatable bonds is 3. The summed E-state index contributed by atoms with van der Waals surface area (Å²) in [5.74, 6) is 0. The smallest absolute Gasteiger partial charge is 0.00226 e. The molecule has 1 heteroatoms. The number of benzene rings is 1. The van der Waals surface area contributed by atoms with Gasteiger partial charge in [0.05, 0.1) is 0 Å². The molecule has 0 aliphatic carbocycles. The van der Waals surface area contributed by atoms with E-state index in [0.29, 0.717) is 0 Å². The zero-order valence-corrected chi connectivity index (χ0v) is 12.2. The molecule has 0 heterocycles. The minimum atomic E-state index is 0.182. The van der Waals surface area contributed by atoms with Crippen LogP contribution in [0.1, 0.15) is 51.3 Å². The van der Waals surface area contributed by atoms with E-state index in [0.717, 1.165) is 13.0 Å². The average molecular weight is 233 g/mol. The van der Waals surface area contributed by atoms with Crippen LogP contribution in [0.25, 0.3) is 0 Å².